The molecule has 0 saturated heterocycles. The minimum atomic E-state index is -3.82. The van der Waals surface area contributed by atoms with Crippen LogP contribution in [0.5, 0.6) is 0 Å². The third-order valence-corrected chi connectivity index (χ3v) is 1.37. The molecule has 0 unspecified atom stereocenters. The van der Waals surface area contributed by atoms with Crippen LogP contribution in [0.3, 0.4) is 0 Å². The Bertz CT molecular complexity index is 155. The predicted octanol–water partition coefficient (Wildman–Crippen LogP) is -1.39. The van der Waals surface area contributed by atoms with Crippen LogP contribution >= 0.6 is 0 Å². The summed E-state index contributed by atoms with van der Waals surface area (Å²) in [5.74, 6) is -0.319. The molecule has 0 aliphatic heterocycles. The molecule has 0 radical (unpaired) electrons. The summed E-state index contributed by atoms with van der Waals surface area (Å²) in [5.41, 5.74) is 0. The molecule has 1 N–H and O–H groups in total. The summed E-state index contributed by atoms with van der Waals surface area (Å²) in [6, 6.07) is 0. The summed E-state index contributed by atoms with van der Waals surface area (Å²) in [6.07, 6.45) is 0. The van der Waals surface area contributed by atoms with Crippen molar-refractivity contribution in [1.82, 2.24) is 0 Å². The third kappa shape index (κ3) is 18.7. The van der Waals surface area contributed by atoms with Crippen molar-refractivity contribution in [1.29, 1.82) is 0 Å². The molecule has 0 aromatic rings. The second kappa shape index (κ2) is 9.95. The quantitative estimate of drug-likeness (QED) is 0.346. The molecule has 0 amide bonds. The van der Waals surface area contributed by atoms with Gasteiger partial charge in [0.25, 0.3) is 10.1 Å². The molecule has 0 aromatic carbocycles. The normalized spacial score (nSPS) is 9.64. The van der Waals surface area contributed by atoms with Gasteiger partial charge in [-0.3, -0.25) is 4.55 Å². The van der Waals surface area contributed by atoms with E-state index in [4.69, 9.17) is 4.55 Å². The SMILES string of the molecule is CCOCCS(=O)(=O)O.[NaH].[NaH]. The molecular weight excluding hydrogens is 190 g/mol. The molecule has 0 atom stereocenters. The van der Waals surface area contributed by atoms with Crippen molar-refractivity contribution in [2.75, 3.05) is 19.0 Å². The van der Waals surface area contributed by atoms with Crippen molar-refractivity contribution in [2.24, 2.45) is 0 Å². The Balaban J connectivity index is -0.000000320. The van der Waals surface area contributed by atoms with Crippen LogP contribution in [0.15, 0.2) is 0 Å². The molecule has 0 aliphatic carbocycles. The van der Waals surface area contributed by atoms with Crippen LogP contribution in [-0.4, -0.2) is 91.1 Å². The van der Waals surface area contributed by atoms with Crippen LogP contribution in [0.4, 0.5) is 0 Å². The van der Waals surface area contributed by atoms with Gasteiger partial charge in [-0.25, -0.2) is 0 Å². The van der Waals surface area contributed by atoms with Gasteiger partial charge in [0.05, 0.1) is 12.4 Å². The maximum atomic E-state index is 9.98. The zero-order valence-electron chi connectivity index (χ0n) is 5.20. The van der Waals surface area contributed by atoms with Gasteiger partial charge >= 0.3 is 59.1 Å². The van der Waals surface area contributed by atoms with Crippen molar-refractivity contribution < 1.29 is 17.7 Å². The van der Waals surface area contributed by atoms with Crippen molar-refractivity contribution in [2.45, 2.75) is 6.92 Å². The van der Waals surface area contributed by atoms with Gasteiger partial charge in [-0.2, -0.15) is 8.42 Å². The fraction of sp³-hybridized carbons (Fsp3) is 1.00. The Labute approximate surface area is 111 Å². The summed E-state index contributed by atoms with van der Waals surface area (Å²) in [6.45, 7) is 2.29. The van der Waals surface area contributed by atoms with Gasteiger partial charge in [0.2, 0.25) is 0 Å². The minimum absolute atomic E-state index is 0. The summed E-state index contributed by atoms with van der Waals surface area (Å²) in [4.78, 5) is 0. The van der Waals surface area contributed by atoms with E-state index in [1.165, 1.54) is 0 Å². The van der Waals surface area contributed by atoms with E-state index in [0.29, 0.717) is 6.61 Å². The van der Waals surface area contributed by atoms with Crippen LogP contribution in [0.2, 0.25) is 0 Å². The van der Waals surface area contributed by atoms with Crippen molar-refractivity contribution in [3.63, 3.8) is 0 Å². The van der Waals surface area contributed by atoms with Gasteiger partial charge in [-0.05, 0) is 6.92 Å². The number of hydrogen-bond donors (Lipinski definition) is 1. The van der Waals surface area contributed by atoms with Gasteiger partial charge in [0, 0.05) is 6.61 Å². The molecule has 0 bridgehead atoms. The monoisotopic (exact) mass is 202 g/mol. The Morgan fingerprint density at radius 3 is 2.09 bits per heavy atom. The second-order valence-corrected chi connectivity index (χ2v) is 3.06. The van der Waals surface area contributed by atoms with E-state index >= 15 is 0 Å². The van der Waals surface area contributed by atoms with E-state index in [1.54, 1.807) is 6.92 Å². The number of hydrogen-bond acceptors (Lipinski definition) is 3. The van der Waals surface area contributed by atoms with Crippen LogP contribution in [0, 0.1) is 0 Å². The van der Waals surface area contributed by atoms with Crippen LogP contribution in [0.25, 0.3) is 0 Å². The Hall–Kier alpha value is 1.87. The van der Waals surface area contributed by atoms with Crippen LogP contribution in [0.1, 0.15) is 6.92 Å². The molecule has 4 nitrogen and oxygen atoms in total. The zero-order valence-corrected chi connectivity index (χ0v) is 6.02. The maximum absolute atomic E-state index is 9.98. The molecule has 0 fully saturated rings. The number of rotatable bonds is 4. The number of ether oxygens (including phenoxy) is 1. The molecule has 0 rings (SSSR count). The van der Waals surface area contributed by atoms with Gasteiger partial charge in [-0.15, -0.1) is 0 Å². The van der Waals surface area contributed by atoms with E-state index in [2.05, 4.69) is 4.74 Å². The summed E-state index contributed by atoms with van der Waals surface area (Å²) in [7, 11) is -3.82. The average Bonchev–Trinajstić information content (AvgIpc) is 1.63. The average molecular weight is 202 g/mol. The first-order chi connectivity index (χ1) is 4.06. The van der Waals surface area contributed by atoms with E-state index in [-0.39, 0.29) is 71.5 Å². The summed E-state index contributed by atoms with van der Waals surface area (Å²) in [5, 5.41) is 0. The molecule has 0 saturated carbocycles. The van der Waals surface area contributed by atoms with E-state index in [9.17, 15) is 8.42 Å². The summed E-state index contributed by atoms with van der Waals surface area (Å²) < 4.78 is 32.8. The zero-order chi connectivity index (χ0) is 7.33. The molecule has 0 heterocycles. The van der Waals surface area contributed by atoms with Gasteiger partial charge in [0.1, 0.15) is 0 Å². The third-order valence-electron chi connectivity index (χ3n) is 0.690. The van der Waals surface area contributed by atoms with E-state index in [1.807, 2.05) is 0 Å². The van der Waals surface area contributed by atoms with Crippen molar-refractivity contribution in [3.05, 3.63) is 0 Å². The molecular formula is C4H12Na2O4S. The van der Waals surface area contributed by atoms with Crippen molar-refractivity contribution in [3.8, 4) is 0 Å². The Morgan fingerprint density at radius 2 is 1.82 bits per heavy atom. The van der Waals surface area contributed by atoms with Crippen LogP contribution in [-0.2, 0) is 14.9 Å². The van der Waals surface area contributed by atoms with Gasteiger partial charge in [0.15, 0.2) is 0 Å². The molecule has 11 heavy (non-hydrogen) atoms. The molecule has 7 heteroatoms. The first-order valence-electron chi connectivity index (χ1n) is 2.59. The Morgan fingerprint density at radius 1 is 1.36 bits per heavy atom. The van der Waals surface area contributed by atoms with E-state index in [0.717, 1.165) is 0 Å². The molecule has 0 spiro atoms. The van der Waals surface area contributed by atoms with Gasteiger partial charge < -0.3 is 4.74 Å². The van der Waals surface area contributed by atoms with Crippen LogP contribution < -0.4 is 0 Å². The topological polar surface area (TPSA) is 63.6 Å². The first-order valence-corrected chi connectivity index (χ1v) is 4.20. The predicted molar refractivity (Wildman–Crippen MR) is 47.2 cm³/mol. The van der Waals surface area contributed by atoms with Crippen molar-refractivity contribution >= 4 is 69.2 Å². The standard InChI is InChI=1S/C4H10O4S.2Na.2H/c1-2-8-3-4-9(5,6)7;;;;/h2-4H2,1H3,(H,5,6,7);;;;. The fourth-order valence-electron chi connectivity index (χ4n) is 0.309. The fourth-order valence-corrected chi connectivity index (χ4v) is 0.637. The molecule has 60 valence electrons. The second-order valence-electron chi connectivity index (χ2n) is 1.48. The molecule has 0 aliphatic rings. The molecule has 0 aromatic heterocycles. The Kier molecular flexibility index (Phi) is 16.8. The summed E-state index contributed by atoms with van der Waals surface area (Å²) >= 11 is 0. The first kappa shape index (κ1) is 18.6. The van der Waals surface area contributed by atoms with E-state index < -0.39 is 10.1 Å². The van der Waals surface area contributed by atoms with Gasteiger partial charge in [-0.1, -0.05) is 0 Å².